The molecule has 80 heavy (non-hydrogen) atoms. The number of hydrogen-bond acceptors (Lipinski definition) is 5. The van der Waals surface area contributed by atoms with Gasteiger partial charge in [-0.15, -0.1) is 0 Å². The van der Waals surface area contributed by atoms with E-state index in [0.717, 1.165) is 32.1 Å². The van der Waals surface area contributed by atoms with E-state index in [1.54, 1.807) is 0 Å². The Morgan fingerprint density at radius 3 is 0.675 bits per heavy atom. The van der Waals surface area contributed by atoms with Crippen LogP contribution in [0.1, 0.15) is 425 Å². The highest BCUT2D eigenvalue weighted by Crippen LogP contribution is 2.19. The normalized spacial score (nSPS) is 12.2. The summed E-state index contributed by atoms with van der Waals surface area (Å²) in [5.41, 5.74) is 0. The van der Waals surface area contributed by atoms with Gasteiger partial charge in [-0.05, 0) is 64.2 Å². The van der Waals surface area contributed by atoms with Crippen LogP contribution in [-0.2, 0) is 19.1 Å². The van der Waals surface area contributed by atoms with Gasteiger partial charge in [-0.25, -0.2) is 0 Å². The summed E-state index contributed by atoms with van der Waals surface area (Å²) in [5.74, 6) is -0.562. The fourth-order valence-corrected chi connectivity index (χ4v) is 11.7. The summed E-state index contributed by atoms with van der Waals surface area (Å²) in [6, 6.07) is 0. The lowest BCUT2D eigenvalue weighted by molar-refractivity contribution is -0.161. The summed E-state index contributed by atoms with van der Waals surface area (Å²) in [6.45, 7) is 4.21. The molecule has 474 valence electrons. The number of ether oxygens (including phenoxy) is 2. The molecule has 0 aromatic heterocycles. The third-order valence-electron chi connectivity index (χ3n) is 17.2. The predicted molar refractivity (Wildman–Crippen MR) is 353 cm³/mol. The third-order valence-corrected chi connectivity index (χ3v) is 17.2. The van der Waals surface area contributed by atoms with E-state index < -0.39 is 6.10 Å². The van der Waals surface area contributed by atoms with Crippen LogP contribution in [0.25, 0.3) is 0 Å². The molecule has 1 atom stereocenters. The van der Waals surface area contributed by atoms with E-state index in [4.69, 9.17) is 9.47 Å². The molecule has 0 aliphatic heterocycles. The minimum atomic E-state index is -0.769. The number of carbonyl (C=O) groups excluding carboxylic acids is 2. The summed E-state index contributed by atoms with van der Waals surface area (Å²) >= 11 is 0. The smallest absolute Gasteiger partial charge is 0.306 e. The van der Waals surface area contributed by atoms with Crippen molar-refractivity contribution in [2.45, 2.75) is 431 Å². The van der Waals surface area contributed by atoms with Gasteiger partial charge in [0.25, 0.3) is 0 Å². The van der Waals surface area contributed by atoms with Crippen LogP contribution in [0.5, 0.6) is 0 Å². The van der Waals surface area contributed by atoms with Gasteiger partial charge < -0.3 is 14.6 Å². The number of carbonyl (C=O) groups is 2. The molecule has 0 spiro atoms. The topological polar surface area (TPSA) is 72.8 Å². The molecule has 0 bridgehead atoms. The first-order valence-corrected chi connectivity index (χ1v) is 36.9. The molecule has 0 amide bonds. The van der Waals surface area contributed by atoms with Gasteiger partial charge in [-0.1, -0.05) is 372 Å². The molecular formula is C75H144O5. The molecule has 5 heteroatoms. The van der Waals surface area contributed by atoms with Gasteiger partial charge >= 0.3 is 11.9 Å². The van der Waals surface area contributed by atoms with Crippen LogP contribution < -0.4 is 0 Å². The second-order valence-corrected chi connectivity index (χ2v) is 25.4. The largest absolute Gasteiger partial charge is 0.462 e. The van der Waals surface area contributed by atoms with Crippen molar-refractivity contribution in [3.8, 4) is 0 Å². The number of esters is 2. The van der Waals surface area contributed by atoms with Gasteiger partial charge in [-0.3, -0.25) is 9.59 Å². The van der Waals surface area contributed by atoms with Crippen LogP contribution in [0.3, 0.4) is 0 Å². The number of unbranched alkanes of at least 4 members (excludes halogenated alkanes) is 58. The second kappa shape index (κ2) is 71.6. The lowest BCUT2D eigenvalue weighted by atomic mass is 10.0. The van der Waals surface area contributed by atoms with Crippen molar-refractivity contribution in [3.05, 3.63) is 24.3 Å². The third kappa shape index (κ3) is 68.9. The Morgan fingerprint density at radius 1 is 0.275 bits per heavy atom. The van der Waals surface area contributed by atoms with Gasteiger partial charge in [0.1, 0.15) is 6.61 Å². The minimum Gasteiger partial charge on any atom is -0.462 e. The Bertz CT molecular complexity index is 1230. The average molecular weight is 1130 g/mol. The standard InChI is InChI=1S/C75H144O5/c1-3-5-7-9-11-13-15-17-19-21-23-25-27-29-31-33-35-37-39-41-43-45-47-49-51-53-55-57-59-61-63-65-67-69-74(77)79-72-73(71-76)80-75(78)70-68-66-64-62-60-58-56-54-52-50-48-46-44-42-40-38-36-34-32-30-28-26-24-22-20-18-16-14-12-10-8-6-4-2/h21-24,73,76H,3-20,25-72H2,1-2H3/b23-21-,24-22-. The van der Waals surface area contributed by atoms with Gasteiger partial charge in [0, 0.05) is 12.8 Å². The summed E-state index contributed by atoms with van der Waals surface area (Å²) < 4.78 is 10.8. The molecule has 0 saturated carbocycles. The van der Waals surface area contributed by atoms with E-state index in [9.17, 15) is 14.7 Å². The predicted octanol–water partition coefficient (Wildman–Crippen LogP) is 25.6. The van der Waals surface area contributed by atoms with Crippen molar-refractivity contribution in [3.63, 3.8) is 0 Å². The van der Waals surface area contributed by atoms with Gasteiger partial charge in [0.2, 0.25) is 0 Å². The van der Waals surface area contributed by atoms with Crippen molar-refractivity contribution < 1.29 is 24.2 Å². The summed E-state index contributed by atoms with van der Waals surface area (Å²) in [5, 5.41) is 9.71. The zero-order chi connectivity index (χ0) is 57.6. The van der Waals surface area contributed by atoms with E-state index in [-0.39, 0.29) is 25.2 Å². The average Bonchev–Trinajstić information content (AvgIpc) is 3.46. The van der Waals surface area contributed by atoms with Crippen molar-refractivity contribution in [1.82, 2.24) is 0 Å². The van der Waals surface area contributed by atoms with Crippen LogP contribution in [0.15, 0.2) is 24.3 Å². The Balaban J connectivity index is 3.36. The second-order valence-electron chi connectivity index (χ2n) is 25.4. The Morgan fingerprint density at radius 2 is 0.463 bits per heavy atom. The lowest BCUT2D eigenvalue weighted by Gasteiger charge is -2.15. The van der Waals surface area contributed by atoms with E-state index in [0.29, 0.717) is 12.8 Å². The SMILES string of the molecule is CCCCCCCCCC/C=C\CCCCCCCCCCCCCCCCCCCCCCCC(=O)OCC(CO)OC(=O)CCCCCCCCCCCCCCCCCCCCCCC/C=C\CCCCCCCCCC. The van der Waals surface area contributed by atoms with Gasteiger partial charge in [0.15, 0.2) is 6.10 Å². The molecule has 0 heterocycles. The maximum absolute atomic E-state index is 12.4. The van der Waals surface area contributed by atoms with Crippen molar-refractivity contribution in [2.24, 2.45) is 0 Å². The molecular weight excluding hydrogens is 981 g/mol. The number of allylic oxidation sites excluding steroid dienone is 4. The van der Waals surface area contributed by atoms with Crippen LogP contribution in [0, 0.1) is 0 Å². The van der Waals surface area contributed by atoms with E-state index >= 15 is 0 Å². The van der Waals surface area contributed by atoms with E-state index in [2.05, 4.69) is 38.2 Å². The van der Waals surface area contributed by atoms with Crippen LogP contribution in [0.4, 0.5) is 0 Å². The minimum absolute atomic E-state index is 0.0577. The summed E-state index contributed by atoms with van der Waals surface area (Å²) in [6.07, 6.45) is 93.9. The number of hydrogen-bond donors (Lipinski definition) is 1. The molecule has 1 unspecified atom stereocenters. The Kier molecular flexibility index (Phi) is 70.2. The molecule has 0 aromatic carbocycles. The molecule has 0 aliphatic carbocycles. The van der Waals surface area contributed by atoms with Crippen LogP contribution in [-0.4, -0.2) is 36.4 Å². The Hall–Kier alpha value is -1.62. The van der Waals surface area contributed by atoms with Crippen molar-refractivity contribution >= 4 is 11.9 Å². The highest BCUT2D eigenvalue weighted by atomic mass is 16.6. The molecule has 0 saturated heterocycles. The number of aliphatic hydroxyl groups is 1. The lowest BCUT2D eigenvalue weighted by Crippen LogP contribution is -2.28. The molecule has 0 radical (unpaired) electrons. The molecule has 0 fully saturated rings. The fourth-order valence-electron chi connectivity index (χ4n) is 11.7. The first-order chi connectivity index (χ1) is 39.6. The number of rotatable bonds is 70. The molecule has 0 rings (SSSR count). The maximum Gasteiger partial charge on any atom is 0.306 e. The van der Waals surface area contributed by atoms with Crippen LogP contribution in [0.2, 0.25) is 0 Å². The summed E-state index contributed by atoms with van der Waals surface area (Å²) in [7, 11) is 0. The van der Waals surface area contributed by atoms with Crippen molar-refractivity contribution in [1.29, 1.82) is 0 Å². The van der Waals surface area contributed by atoms with Gasteiger partial charge in [-0.2, -0.15) is 0 Å². The van der Waals surface area contributed by atoms with E-state index in [1.165, 1.54) is 366 Å². The highest BCUT2D eigenvalue weighted by molar-refractivity contribution is 5.70. The first kappa shape index (κ1) is 78.4. The van der Waals surface area contributed by atoms with Crippen LogP contribution >= 0.6 is 0 Å². The quantitative estimate of drug-likeness (QED) is 0.0373. The Labute approximate surface area is 502 Å². The highest BCUT2D eigenvalue weighted by Gasteiger charge is 2.16. The molecule has 0 aromatic rings. The zero-order valence-electron chi connectivity index (χ0n) is 54.6. The van der Waals surface area contributed by atoms with Gasteiger partial charge in [0.05, 0.1) is 6.61 Å². The molecule has 5 nitrogen and oxygen atoms in total. The number of aliphatic hydroxyl groups excluding tert-OH is 1. The monoisotopic (exact) mass is 1130 g/mol. The fraction of sp³-hybridized carbons (Fsp3) is 0.920. The van der Waals surface area contributed by atoms with Crippen molar-refractivity contribution in [2.75, 3.05) is 13.2 Å². The molecule has 0 aliphatic rings. The van der Waals surface area contributed by atoms with E-state index in [1.807, 2.05) is 0 Å². The maximum atomic E-state index is 12.4. The summed E-state index contributed by atoms with van der Waals surface area (Å²) in [4.78, 5) is 24.7. The zero-order valence-corrected chi connectivity index (χ0v) is 54.6. The first-order valence-electron chi connectivity index (χ1n) is 36.9. The molecule has 1 N–H and O–H groups in total.